The van der Waals surface area contributed by atoms with Crippen LogP contribution in [0, 0.1) is 11.3 Å². The van der Waals surface area contributed by atoms with Gasteiger partial charge in [-0.3, -0.25) is 4.79 Å². The fraction of sp³-hybridized carbons (Fsp3) is 0.111. The van der Waals surface area contributed by atoms with Crippen LogP contribution in [0.4, 0.5) is 5.69 Å². The first-order valence-corrected chi connectivity index (χ1v) is 7.11. The van der Waals surface area contributed by atoms with Gasteiger partial charge in [-0.05, 0) is 42.3 Å². The topological polar surface area (TPSA) is 68.7 Å². The zero-order valence-electron chi connectivity index (χ0n) is 12.0. The van der Waals surface area contributed by atoms with E-state index in [4.69, 9.17) is 5.26 Å². The van der Waals surface area contributed by atoms with E-state index in [0.29, 0.717) is 24.1 Å². The van der Waals surface area contributed by atoms with Crippen molar-refractivity contribution in [3.05, 3.63) is 65.9 Å². The number of anilines is 1. The number of H-pyrrole nitrogens is 1. The molecule has 0 unspecified atom stereocenters. The summed E-state index contributed by atoms with van der Waals surface area (Å²) in [5.74, 6) is -0.0324. The zero-order chi connectivity index (χ0) is 15.4. The number of aromatic amines is 1. The SMILES string of the molecule is N#Cc1ccc(NC(=O)CCc2c[nH]c3ccccc23)cc1. The van der Waals surface area contributed by atoms with Crippen LogP contribution < -0.4 is 5.32 Å². The number of hydrogen-bond acceptors (Lipinski definition) is 2. The second kappa shape index (κ2) is 6.15. The van der Waals surface area contributed by atoms with Gasteiger partial charge in [0.1, 0.15) is 0 Å². The van der Waals surface area contributed by atoms with Crippen LogP contribution in [0.3, 0.4) is 0 Å². The van der Waals surface area contributed by atoms with Crippen molar-refractivity contribution < 1.29 is 4.79 Å². The Kier molecular flexibility index (Phi) is 3.88. The molecule has 1 aromatic heterocycles. The number of benzene rings is 2. The van der Waals surface area contributed by atoms with Crippen LogP contribution >= 0.6 is 0 Å². The van der Waals surface area contributed by atoms with Crippen LogP contribution in [0.1, 0.15) is 17.5 Å². The van der Waals surface area contributed by atoms with Crippen molar-refractivity contribution in [2.45, 2.75) is 12.8 Å². The van der Waals surface area contributed by atoms with E-state index in [2.05, 4.69) is 22.4 Å². The molecule has 108 valence electrons. The van der Waals surface area contributed by atoms with Gasteiger partial charge in [-0.15, -0.1) is 0 Å². The molecule has 2 N–H and O–H groups in total. The first kappa shape index (κ1) is 13.9. The largest absolute Gasteiger partial charge is 0.361 e. The molecular formula is C18H15N3O. The molecule has 0 aliphatic carbocycles. The molecule has 1 heterocycles. The van der Waals surface area contributed by atoms with Gasteiger partial charge in [0.05, 0.1) is 11.6 Å². The minimum atomic E-state index is -0.0324. The quantitative estimate of drug-likeness (QED) is 0.770. The average Bonchev–Trinajstić information content (AvgIpc) is 2.97. The normalized spacial score (nSPS) is 10.3. The molecule has 0 radical (unpaired) electrons. The van der Waals surface area contributed by atoms with Crippen molar-refractivity contribution in [1.82, 2.24) is 4.98 Å². The molecule has 3 aromatic rings. The van der Waals surface area contributed by atoms with Gasteiger partial charge in [-0.2, -0.15) is 5.26 Å². The molecule has 3 rings (SSSR count). The molecule has 2 aromatic carbocycles. The molecule has 4 nitrogen and oxygen atoms in total. The van der Waals surface area contributed by atoms with E-state index in [0.717, 1.165) is 16.5 Å². The minimum absolute atomic E-state index is 0.0324. The van der Waals surface area contributed by atoms with Gasteiger partial charge in [0.2, 0.25) is 5.91 Å². The fourth-order valence-electron chi connectivity index (χ4n) is 2.44. The highest BCUT2D eigenvalue weighted by atomic mass is 16.1. The molecule has 0 saturated carbocycles. The molecule has 1 amide bonds. The second-order valence-corrected chi connectivity index (χ2v) is 5.10. The lowest BCUT2D eigenvalue weighted by molar-refractivity contribution is -0.116. The Morgan fingerprint density at radius 3 is 2.68 bits per heavy atom. The number of nitrogens with zero attached hydrogens (tertiary/aromatic N) is 1. The van der Waals surface area contributed by atoms with Crippen molar-refractivity contribution in [3.63, 3.8) is 0 Å². The summed E-state index contributed by atoms with van der Waals surface area (Å²) in [5.41, 5.74) is 3.52. The summed E-state index contributed by atoms with van der Waals surface area (Å²) >= 11 is 0. The van der Waals surface area contributed by atoms with Gasteiger partial charge in [-0.1, -0.05) is 18.2 Å². The number of nitriles is 1. The number of hydrogen-bond donors (Lipinski definition) is 2. The van der Waals surface area contributed by atoms with Crippen LogP contribution in [0.2, 0.25) is 0 Å². The monoisotopic (exact) mass is 289 g/mol. The van der Waals surface area contributed by atoms with Crippen molar-refractivity contribution >= 4 is 22.5 Å². The molecule has 0 bridgehead atoms. The predicted molar refractivity (Wildman–Crippen MR) is 86.4 cm³/mol. The number of amides is 1. The van der Waals surface area contributed by atoms with Gasteiger partial charge >= 0.3 is 0 Å². The van der Waals surface area contributed by atoms with Crippen molar-refractivity contribution in [2.24, 2.45) is 0 Å². The van der Waals surface area contributed by atoms with Gasteiger partial charge in [0, 0.05) is 29.2 Å². The van der Waals surface area contributed by atoms with Crippen LogP contribution in [0.15, 0.2) is 54.7 Å². The van der Waals surface area contributed by atoms with Gasteiger partial charge in [0.25, 0.3) is 0 Å². The first-order valence-electron chi connectivity index (χ1n) is 7.11. The summed E-state index contributed by atoms with van der Waals surface area (Å²) in [6.45, 7) is 0. The number of carbonyl (C=O) groups is 1. The molecule has 0 aliphatic heterocycles. The number of nitrogens with one attached hydrogen (secondary N) is 2. The van der Waals surface area contributed by atoms with Crippen LogP contribution in [-0.4, -0.2) is 10.9 Å². The molecule has 0 atom stereocenters. The number of fused-ring (bicyclic) bond motifs is 1. The summed E-state index contributed by atoms with van der Waals surface area (Å²) in [5, 5.41) is 12.8. The maximum atomic E-state index is 12.0. The third-order valence-electron chi connectivity index (χ3n) is 3.59. The highest BCUT2D eigenvalue weighted by molar-refractivity contribution is 5.91. The van der Waals surface area contributed by atoms with E-state index in [1.54, 1.807) is 24.3 Å². The van der Waals surface area contributed by atoms with Gasteiger partial charge in [0.15, 0.2) is 0 Å². The van der Waals surface area contributed by atoms with Crippen LogP contribution in [0.5, 0.6) is 0 Å². The summed E-state index contributed by atoms with van der Waals surface area (Å²) in [6.07, 6.45) is 3.06. The first-order chi connectivity index (χ1) is 10.8. The summed E-state index contributed by atoms with van der Waals surface area (Å²) in [4.78, 5) is 15.2. The molecule has 0 spiro atoms. The van der Waals surface area contributed by atoms with E-state index in [-0.39, 0.29) is 5.91 Å². The van der Waals surface area contributed by atoms with Crippen molar-refractivity contribution in [2.75, 3.05) is 5.32 Å². The summed E-state index contributed by atoms with van der Waals surface area (Å²) in [6, 6.07) is 17.0. The predicted octanol–water partition coefficient (Wildman–Crippen LogP) is 3.61. The Balaban J connectivity index is 1.61. The number of carbonyl (C=O) groups excluding carboxylic acids is 1. The lowest BCUT2D eigenvalue weighted by atomic mass is 10.1. The molecule has 4 heteroatoms. The number of para-hydroxylation sites is 1. The van der Waals surface area contributed by atoms with Gasteiger partial charge in [-0.25, -0.2) is 0 Å². The second-order valence-electron chi connectivity index (χ2n) is 5.10. The smallest absolute Gasteiger partial charge is 0.224 e. The zero-order valence-corrected chi connectivity index (χ0v) is 12.0. The van der Waals surface area contributed by atoms with Crippen LogP contribution in [0.25, 0.3) is 10.9 Å². The maximum absolute atomic E-state index is 12.0. The Bertz CT molecular complexity index is 841. The number of aryl methyl sites for hydroxylation is 1. The fourth-order valence-corrected chi connectivity index (χ4v) is 2.44. The van der Waals surface area contributed by atoms with Crippen LogP contribution in [-0.2, 0) is 11.2 Å². The molecule has 0 saturated heterocycles. The number of aromatic nitrogens is 1. The molecule has 0 fully saturated rings. The van der Waals surface area contributed by atoms with Crippen molar-refractivity contribution in [1.29, 1.82) is 5.26 Å². The highest BCUT2D eigenvalue weighted by Crippen LogP contribution is 2.19. The lowest BCUT2D eigenvalue weighted by Gasteiger charge is -2.05. The molecule has 0 aliphatic rings. The standard InChI is InChI=1S/C18H15N3O/c19-11-13-5-8-15(9-6-13)21-18(22)10-7-14-12-20-17-4-2-1-3-16(14)17/h1-6,8-9,12,20H,7,10H2,(H,21,22). The molecule has 22 heavy (non-hydrogen) atoms. The Hall–Kier alpha value is -3.06. The Morgan fingerprint density at radius 1 is 1.14 bits per heavy atom. The summed E-state index contributed by atoms with van der Waals surface area (Å²) in [7, 11) is 0. The van der Waals surface area contributed by atoms with E-state index in [1.165, 1.54) is 0 Å². The molecular weight excluding hydrogens is 274 g/mol. The Morgan fingerprint density at radius 2 is 1.91 bits per heavy atom. The third kappa shape index (κ3) is 2.99. The number of rotatable bonds is 4. The van der Waals surface area contributed by atoms with E-state index in [9.17, 15) is 4.79 Å². The van der Waals surface area contributed by atoms with Gasteiger partial charge < -0.3 is 10.3 Å². The minimum Gasteiger partial charge on any atom is -0.361 e. The average molecular weight is 289 g/mol. The van der Waals surface area contributed by atoms with Crippen molar-refractivity contribution in [3.8, 4) is 6.07 Å². The maximum Gasteiger partial charge on any atom is 0.224 e. The van der Waals surface area contributed by atoms with E-state index >= 15 is 0 Å². The van der Waals surface area contributed by atoms with E-state index in [1.807, 2.05) is 24.4 Å². The lowest BCUT2D eigenvalue weighted by Crippen LogP contribution is -2.12. The highest BCUT2D eigenvalue weighted by Gasteiger charge is 2.07. The third-order valence-corrected chi connectivity index (χ3v) is 3.59. The van der Waals surface area contributed by atoms with E-state index < -0.39 is 0 Å². The Labute approximate surface area is 128 Å². The summed E-state index contributed by atoms with van der Waals surface area (Å²) < 4.78 is 0.